The normalized spacial score (nSPS) is 23.0. The maximum absolute atomic E-state index is 9.10. The first-order valence-electron chi connectivity index (χ1n) is 6.64. The second kappa shape index (κ2) is 5.29. The molecule has 0 aliphatic carbocycles. The fourth-order valence-electron chi connectivity index (χ4n) is 2.39. The van der Waals surface area contributed by atoms with Crippen LogP contribution in [0.4, 0.5) is 0 Å². The lowest BCUT2D eigenvalue weighted by atomic mass is 9.89. The molecule has 1 aromatic rings. The molecule has 2 atom stereocenters. The molecular formula is C15H23NO2. The number of fused-ring (bicyclic) bond motifs is 1. The smallest absolute Gasteiger partial charge is 0.124 e. The number of hydrogen-bond acceptors (Lipinski definition) is 3. The van der Waals surface area contributed by atoms with Gasteiger partial charge in [-0.05, 0) is 25.8 Å². The molecule has 0 fully saturated rings. The second-order valence-corrected chi connectivity index (χ2v) is 5.85. The van der Waals surface area contributed by atoms with E-state index in [2.05, 4.69) is 25.2 Å². The lowest BCUT2D eigenvalue weighted by molar-refractivity contribution is 0.0647. The van der Waals surface area contributed by atoms with Crippen LogP contribution in [0.15, 0.2) is 24.3 Å². The van der Waals surface area contributed by atoms with Gasteiger partial charge in [-0.2, -0.15) is 0 Å². The number of nitrogens with one attached hydrogen (secondary N) is 1. The molecule has 0 amide bonds. The van der Waals surface area contributed by atoms with E-state index in [1.54, 1.807) is 0 Å². The molecule has 2 N–H and O–H groups in total. The van der Waals surface area contributed by atoms with E-state index < -0.39 is 0 Å². The Kier molecular flexibility index (Phi) is 3.93. The largest absolute Gasteiger partial charge is 0.487 e. The number of hydrogen-bond donors (Lipinski definition) is 2. The number of ether oxygens (including phenoxy) is 1. The lowest BCUT2D eigenvalue weighted by Gasteiger charge is -2.38. The second-order valence-electron chi connectivity index (χ2n) is 5.85. The third kappa shape index (κ3) is 3.03. The van der Waals surface area contributed by atoms with Crippen LogP contribution >= 0.6 is 0 Å². The van der Waals surface area contributed by atoms with Crippen LogP contribution in [0.1, 0.15) is 38.8 Å². The molecule has 0 spiro atoms. The first-order valence-corrected chi connectivity index (χ1v) is 6.64. The Morgan fingerprint density at radius 3 is 2.89 bits per heavy atom. The minimum atomic E-state index is -0.144. The van der Waals surface area contributed by atoms with Crippen LogP contribution < -0.4 is 10.1 Å². The van der Waals surface area contributed by atoms with Crippen molar-refractivity contribution in [2.45, 2.75) is 38.8 Å². The number of rotatable bonds is 4. The van der Waals surface area contributed by atoms with Crippen molar-refractivity contribution >= 4 is 0 Å². The average Bonchev–Trinajstić information content (AvgIpc) is 2.34. The van der Waals surface area contributed by atoms with Crippen LogP contribution in [0.25, 0.3) is 0 Å². The van der Waals surface area contributed by atoms with Crippen LogP contribution in [-0.2, 0) is 0 Å². The molecule has 2 rings (SSSR count). The van der Waals surface area contributed by atoms with Gasteiger partial charge >= 0.3 is 0 Å². The molecule has 3 nitrogen and oxygen atoms in total. The van der Waals surface area contributed by atoms with E-state index in [-0.39, 0.29) is 18.1 Å². The Hall–Kier alpha value is -1.06. The van der Waals surface area contributed by atoms with Crippen molar-refractivity contribution in [1.29, 1.82) is 0 Å². The summed E-state index contributed by atoms with van der Waals surface area (Å²) >= 11 is 0. The summed E-state index contributed by atoms with van der Waals surface area (Å²) < 4.78 is 5.99. The van der Waals surface area contributed by atoms with Crippen LogP contribution in [0.5, 0.6) is 5.75 Å². The quantitative estimate of drug-likeness (QED) is 0.861. The zero-order chi connectivity index (χ0) is 13.2. The number of aliphatic hydroxyl groups excluding tert-OH is 1. The minimum Gasteiger partial charge on any atom is -0.487 e. The van der Waals surface area contributed by atoms with Crippen LogP contribution in [-0.4, -0.2) is 23.9 Å². The fraction of sp³-hybridized carbons (Fsp3) is 0.600. The highest BCUT2D eigenvalue weighted by molar-refractivity contribution is 5.38. The SMILES string of the molecule is CC(CO)CNC1CC(C)(C)Oc2ccccc21. The third-order valence-corrected chi connectivity index (χ3v) is 3.40. The van der Waals surface area contributed by atoms with Crippen molar-refractivity contribution in [2.75, 3.05) is 13.2 Å². The summed E-state index contributed by atoms with van der Waals surface area (Å²) in [5.74, 6) is 1.26. The first-order chi connectivity index (χ1) is 8.52. The maximum Gasteiger partial charge on any atom is 0.124 e. The van der Waals surface area contributed by atoms with Gasteiger partial charge in [0.05, 0.1) is 0 Å². The Bertz CT molecular complexity index is 403. The topological polar surface area (TPSA) is 41.5 Å². The van der Waals surface area contributed by atoms with Gasteiger partial charge in [0.2, 0.25) is 0 Å². The predicted octanol–water partition coefficient (Wildman–Crippen LogP) is 2.51. The average molecular weight is 249 g/mol. The molecule has 0 saturated carbocycles. The molecule has 1 heterocycles. The Morgan fingerprint density at radius 2 is 2.17 bits per heavy atom. The highest BCUT2D eigenvalue weighted by Gasteiger charge is 2.33. The summed E-state index contributed by atoms with van der Waals surface area (Å²) in [4.78, 5) is 0. The summed E-state index contributed by atoms with van der Waals surface area (Å²) in [7, 11) is 0. The summed E-state index contributed by atoms with van der Waals surface area (Å²) in [5.41, 5.74) is 1.08. The van der Waals surface area contributed by atoms with Crippen LogP contribution in [0.3, 0.4) is 0 Å². The monoisotopic (exact) mass is 249 g/mol. The van der Waals surface area contributed by atoms with Gasteiger partial charge in [-0.3, -0.25) is 0 Å². The predicted molar refractivity (Wildman–Crippen MR) is 72.8 cm³/mol. The van der Waals surface area contributed by atoms with Crippen molar-refractivity contribution < 1.29 is 9.84 Å². The zero-order valence-electron chi connectivity index (χ0n) is 11.4. The molecule has 2 unspecified atom stereocenters. The number of aliphatic hydroxyl groups is 1. The minimum absolute atomic E-state index is 0.144. The van der Waals surface area contributed by atoms with Gasteiger partial charge in [0.1, 0.15) is 11.4 Å². The van der Waals surface area contributed by atoms with E-state index in [9.17, 15) is 0 Å². The van der Waals surface area contributed by atoms with Crippen LogP contribution in [0.2, 0.25) is 0 Å². The van der Waals surface area contributed by atoms with E-state index in [1.165, 1.54) is 5.56 Å². The molecule has 100 valence electrons. The van der Waals surface area contributed by atoms with Crippen molar-refractivity contribution in [3.63, 3.8) is 0 Å². The van der Waals surface area contributed by atoms with Gasteiger partial charge in [-0.25, -0.2) is 0 Å². The van der Waals surface area contributed by atoms with Gasteiger partial charge in [0, 0.05) is 31.2 Å². The van der Waals surface area contributed by atoms with Gasteiger partial charge in [0.15, 0.2) is 0 Å². The molecule has 3 heteroatoms. The molecule has 18 heavy (non-hydrogen) atoms. The fourth-order valence-corrected chi connectivity index (χ4v) is 2.39. The van der Waals surface area contributed by atoms with Crippen molar-refractivity contribution in [1.82, 2.24) is 5.32 Å². The van der Waals surface area contributed by atoms with Gasteiger partial charge in [-0.15, -0.1) is 0 Å². The van der Waals surface area contributed by atoms with E-state index in [1.807, 2.05) is 25.1 Å². The summed E-state index contributed by atoms with van der Waals surface area (Å²) in [5, 5.41) is 12.6. The molecule has 0 bridgehead atoms. The van der Waals surface area contributed by atoms with Gasteiger partial charge in [-0.1, -0.05) is 25.1 Å². The number of para-hydroxylation sites is 1. The zero-order valence-corrected chi connectivity index (χ0v) is 11.4. The van der Waals surface area contributed by atoms with Crippen LogP contribution in [0, 0.1) is 5.92 Å². The van der Waals surface area contributed by atoms with Crippen molar-refractivity contribution in [3.05, 3.63) is 29.8 Å². The lowest BCUT2D eigenvalue weighted by Crippen LogP contribution is -2.40. The van der Waals surface area contributed by atoms with E-state index in [0.29, 0.717) is 6.04 Å². The maximum atomic E-state index is 9.10. The highest BCUT2D eigenvalue weighted by Crippen LogP contribution is 2.39. The molecular weight excluding hydrogens is 226 g/mol. The Balaban J connectivity index is 2.14. The Labute approximate surface area is 109 Å². The molecule has 0 aromatic heterocycles. The molecule has 0 radical (unpaired) electrons. The Morgan fingerprint density at radius 1 is 1.44 bits per heavy atom. The first kappa shape index (κ1) is 13.4. The summed E-state index contributed by atoms with van der Waals surface area (Å²) in [6.45, 7) is 7.33. The molecule has 1 aliphatic heterocycles. The highest BCUT2D eigenvalue weighted by atomic mass is 16.5. The van der Waals surface area contributed by atoms with E-state index >= 15 is 0 Å². The van der Waals surface area contributed by atoms with Gasteiger partial charge < -0.3 is 15.2 Å². The number of benzene rings is 1. The standard InChI is InChI=1S/C15H23NO2/c1-11(10-17)9-16-13-8-15(2,3)18-14-7-5-4-6-12(13)14/h4-7,11,13,16-17H,8-10H2,1-3H3. The molecule has 1 aliphatic rings. The third-order valence-electron chi connectivity index (χ3n) is 3.40. The molecule has 0 saturated heterocycles. The summed E-state index contributed by atoms with van der Waals surface area (Å²) in [6, 6.07) is 8.50. The van der Waals surface area contributed by atoms with Crippen molar-refractivity contribution in [3.8, 4) is 5.75 Å². The molecule has 1 aromatic carbocycles. The van der Waals surface area contributed by atoms with E-state index in [0.717, 1.165) is 18.7 Å². The van der Waals surface area contributed by atoms with Crippen molar-refractivity contribution in [2.24, 2.45) is 5.92 Å². The van der Waals surface area contributed by atoms with E-state index in [4.69, 9.17) is 9.84 Å². The van der Waals surface area contributed by atoms with Gasteiger partial charge in [0.25, 0.3) is 0 Å². The summed E-state index contributed by atoms with van der Waals surface area (Å²) in [6.07, 6.45) is 0.947.